The lowest BCUT2D eigenvalue weighted by atomic mass is 10.1. The first kappa shape index (κ1) is 14.1. The van der Waals surface area contributed by atoms with E-state index in [1.165, 1.54) is 17.2 Å². The Morgan fingerprint density at radius 2 is 1.75 bits per heavy atom. The van der Waals surface area contributed by atoms with Gasteiger partial charge in [-0.1, -0.05) is 12.1 Å². The van der Waals surface area contributed by atoms with E-state index < -0.39 is 5.82 Å². The highest BCUT2D eigenvalue weighted by molar-refractivity contribution is 5.51. The minimum absolute atomic E-state index is 0.0938. The SMILES string of the molecule is Cc1cc(C)cc(N(C)Cc2ccc(F)c(C#N)c2)c1. The molecule has 0 heterocycles. The van der Waals surface area contributed by atoms with Crippen LogP contribution < -0.4 is 4.90 Å². The van der Waals surface area contributed by atoms with E-state index in [1.54, 1.807) is 12.1 Å². The molecule has 0 spiro atoms. The van der Waals surface area contributed by atoms with E-state index in [4.69, 9.17) is 5.26 Å². The molecule has 102 valence electrons. The average molecular weight is 268 g/mol. The Balaban J connectivity index is 2.23. The van der Waals surface area contributed by atoms with E-state index in [1.807, 2.05) is 13.1 Å². The fourth-order valence-corrected chi connectivity index (χ4v) is 2.29. The van der Waals surface area contributed by atoms with E-state index in [0.717, 1.165) is 11.3 Å². The second kappa shape index (κ2) is 5.75. The van der Waals surface area contributed by atoms with Crippen LogP contribution in [0.3, 0.4) is 0 Å². The monoisotopic (exact) mass is 268 g/mol. The van der Waals surface area contributed by atoms with Crippen molar-refractivity contribution in [3.05, 3.63) is 64.5 Å². The number of benzene rings is 2. The van der Waals surface area contributed by atoms with Gasteiger partial charge in [0.2, 0.25) is 0 Å². The molecule has 0 saturated carbocycles. The summed E-state index contributed by atoms with van der Waals surface area (Å²) in [6, 6.07) is 12.9. The van der Waals surface area contributed by atoms with E-state index >= 15 is 0 Å². The Morgan fingerprint density at radius 3 is 2.35 bits per heavy atom. The Kier molecular flexibility index (Phi) is 4.05. The van der Waals surface area contributed by atoms with E-state index in [-0.39, 0.29) is 5.56 Å². The summed E-state index contributed by atoms with van der Waals surface area (Å²) in [7, 11) is 1.99. The molecule has 0 fully saturated rings. The molecule has 0 bridgehead atoms. The highest BCUT2D eigenvalue weighted by atomic mass is 19.1. The van der Waals surface area contributed by atoms with Gasteiger partial charge in [-0.25, -0.2) is 4.39 Å². The number of nitriles is 1. The molecule has 0 aromatic heterocycles. The van der Waals surface area contributed by atoms with Gasteiger partial charge in [0.25, 0.3) is 0 Å². The van der Waals surface area contributed by atoms with Gasteiger partial charge in [-0.15, -0.1) is 0 Å². The Hall–Kier alpha value is -2.34. The van der Waals surface area contributed by atoms with Gasteiger partial charge in [-0.05, 0) is 54.8 Å². The van der Waals surface area contributed by atoms with Crippen molar-refractivity contribution < 1.29 is 4.39 Å². The molecular weight excluding hydrogens is 251 g/mol. The van der Waals surface area contributed by atoms with Crippen molar-refractivity contribution >= 4 is 5.69 Å². The van der Waals surface area contributed by atoms with Crippen LogP contribution in [0.4, 0.5) is 10.1 Å². The normalized spacial score (nSPS) is 10.2. The molecule has 0 amide bonds. The second-order valence-corrected chi connectivity index (χ2v) is 5.13. The van der Waals surface area contributed by atoms with Crippen molar-refractivity contribution in [3.8, 4) is 6.07 Å². The summed E-state index contributed by atoms with van der Waals surface area (Å²) in [4.78, 5) is 2.09. The highest BCUT2D eigenvalue weighted by Crippen LogP contribution is 2.20. The summed E-state index contributed by atoms with van der Waals surface area (Å²) < 4.78 is 13.3. The van der Waals surface area contributed by atoms with Crippen molar-refractivity contribution in [3.63, 3.8) is 0 Å². The predicted molar refractivity (Wildman–Crippen MR) is 79.1 cm³/mol. The lowest BCUT2D eigenvalue weighted by Crippen LogP contribution is -2.16. The molecule has 0 aliphatic heterocycles. The molecule has 0 aliphatic carbocycles. The minimum Gasteiger partial charge on any atom is -0.370 e. The molecule has 2 rings (SSSR count). The zero-order chi connectivity index (χ0) is 14.7. The maximum Gasteiger partial charge on any atom is 0.140 e. The van der Waals surface area contributed by atoms with Crippen LogP contribution in [0.25, 0.3) is 0 Å². The quantitative estimate of drug-likeness (QED) is 0.842. The van der Waals surface area contributed by atoms with Crippen molar-refractivity contribution in [1.82, 2.24) is 0 Å². The van der Waals surface area contributed by atoms with Crippen LogP contribution in [0.1, 0.15) is 22.3 Å². The summed E-state index contributed by atoms with van der Waals surface area (Å²) in [5.41, 5.74) is 4.55. The average Bonchev–Trinajstić information content (AvgIpc) is 2.39. The maximum absolute atomic E-state index is 13.3. The van der Waals surface area contributed by atoms with E-state index in [0.29, 0.717) is 6.54 Å². The summed E-state index contributed by atoms with van der Waals surface area (Å²) in [5.74, 6) is -0.467. The zero-order valence-corrected chi connectivity index (χ0v) is 11.9. The maximum atomic E-state index is 13.3. The molecule has 0 radical (unpaired) electrons. The van der Waals surface area contributed by atoms with E-state index in [9.17, 15) is 4.39 Å². The number of nitrogens with zero attached hydrogens (tertiary/aromatic N) is 2. The van der Waals surface area contributed by atoms with Crippen LogP contribution in [0, 0.1) is 31.0 Å². The number of rotatable bonds is 3. The lowest BCUT2D eigenvalue weighted by molar-refractivity contribution is 0.623. The number of hydrogen-bond donors (Lipinski definition) is 0. The molecule has 2 aromatic carbocycles. The number of hydrogen-bond acceptors (Lipinski definition) is 2. The molecule has 2 nitrogen and oxygen atoms in total. The van der Waals surface area contributed by atoms with Crippen LogP contribution in [0.5, 0.6) is 0 Å². The number of aryl methyl sites for hydroxylation is 2. The van der Waals surface area contributed by atoms with Gasteiger partial charge in [-0.2, -0.15) is 5.26 Å². The summed E-state index contributed by atoms with van der Waals surface area (Å²) >= 11 is 0. The highest BCUT2D eigenvalue weighted by Gasteiger charge is 2.07. The van der Waals surface area contributed by atoms with Gasteiger partial charge >= 0.3 is 0 Å². The smallest absolute Gasteiger partial charge is 0.140 e. The largest absolute Gasteiger partial charge is 0.370 e. The van der Waals surface area contributed by atoms with Crippen molar-refractivity contribution in [2.75, 3.05) is 11.9 Å². The van der Waals surface area contributed by atoms with Gasteiger partial charge < -0.3 is 4.90 Å². The van der Waals surface area contributed by atoms with Crippen molar-refractivity contribution in [2.24, 2.45) is 0 Å². The van der Waals surface area contributed by atoms with Crippen LogP contribution in [0.2, 0.25) is 0 Å². The number of anilines is 1. The van der Waals surface area contributed by atoms with Gasteiger partial charge in [0.05, 0.1) is 5.56 Å². The van der Waals surface area contributed by atoms with Gasteiger partial charge in [0.1, 0.15) is 11.9 Å². The number of halogens is 1. The first-order valence-electron chi connectivity index (χ1n) is 6.47. The molecule has 2 aromatic rings. The Bertz CT molecular complexity index is 651. The standard InChI is InChI=1S/C17H17FN2/c1-12-6-13(2)8-16(7-12)20(3)11-14-4-5-17(18)15(9-14)10-19/h4-9H,11H2,1-3H3. The molecule has 0 unspecified atom stereocenters. The Morgan fingerprint density at radius 1 is 1.10 bits per heavy atom. The summed E-state index contributed by atoms with van der Waals surface area (Å²) in [6.45, 7) is 4.77. The zero-order valence-electron chi connectivity index (χ0n) is 11.9. The van der Waals surface area contributed by atoms with Crippen LogP contribution >= 0.6 is 0 Å². The summed E-state index contributed by atoms with van der Waals surface area (Å²) in [5, 5.41) is 8.86. The molecule has 0 aliphatic rings. The minimum atomic E-state index is -0.467. The fourth-order valence-electron chi connectivity index (χ4n) is 2.29. The molecule has 3 heteroatoms. The van der Waals surface area contributed by atoms with Gasteiger partial charge in [0, 0.05) is 19.3 Å². The topological polar surface area (TPSA) is 27.0 Å². The lowest BCUT2D eigenvalue weighted by Gasteiger charge is -2.20. The third kappa shape index (κ3) is 3.16. The summed E-state index contributed by atoms with van der Waals surface area (Å²) in [6.07, 6.45) is 0. The third-order valence-electron chi connectivity index (χ3n) is 3.22. The van der Waals surface area contributed by atoms with Gasteiger partial charge in [0.15, 0.2) is 0 Å². The Labute approximate surface area is 119 Å². The molecule has 0 N–H and O–H groups in total. The van der Waals surface area contributed by atoms with Crippen LogP contribution in [-0.2, 0) is 6.54 Å². The molecular formula is C17H17FN2. The van der Waals surface area contributed by atoms with E-state index in [2.05, 4.69) is 36.9 Å². The molecule has 0 saturated heterocycles. The third-order valence-corrected chi connectivity index (χ3v) is 3.22. The second-order valence-electron chi connectivity index (χ2n) is 5.13. The van der Waals surface area contributed by atoms with Crippen LogP contribution in [0.15, 0.2) is 36.4 Å². The van der Waals surface area contributed by atoms with Crippen LogP contribution in [-0.4, -0.2) is 7.05 Å². The van der Waals surface area contributed by atoms with Gasteiger partial charge in [-0.3, -0.25) is 0 Å². The first-order valence-corrected chi connectivity index (χ1v) is 6.47. The first-order chi connectivity index (χ1) is 9.49. The predicted octanol–water partition coefficient (Wildman–Crippen LogP) is 3.95. The van der Waals surface area contributed by atoms with Crippen molar-refractivity contribution in [1.29, 1.82) is 5.26 Å². The fraction of sp³-hybridized carbons (Fsp3) is 0.235. The van der Waals surface area contributed by atoms with Crippen molar-refractivity contribution in [2.45, 2.75) is 20.4 Å². The molecule has 0 atom stereocenters. The molecule has 20 heavy (non-hydrogen) atoms.